The SMILES string of the molecule is CCSCCOC(=O)C1C(C)=NC2=C(C(=O)CCC2)[C@H]1c1ccccc1OC. The molecule has 0 fully saturated rings. The molecule has 6 heteroatoms. The summed E-state index contributed by atoms with van der Waals surface area (Å²) in [5.74, 6) is 1.15. The fraction of sp³-hybridized carbons (Fsp3) is 0.500. The van der Waals surface area contributed by atoms with Gasteiger partial charge in [0.1, 0.15) is 18.3 Å². The van der Waals surface area contributed by atoms with Gasteiger partial charge in [0, 0.05) is 40.6 Å². The van der Waals surface area contributed by atoms with Crippen LogP contribution in [0.1, 0.15) is 44.6 Å². The van der Waals surface area contributed by atoms with Crippen molar-refractivity contribution in [3.8, 4) is 5.75 Å². The fourth-order valence-corrected chi connectivity index (χ4v) is 4.50. The lowest BCUT2D eigenvalue weighted by Gasteiger charge is -2.35. The molecule has 2 atom stereocenters. The number of ketones is 1. The number of ether oxygens (including phenoxy) is 2. The summed E-state index contributed by atoms with van der Waals surface area (Å²) in [6.07, 6.45) is 2.06. The van der Waals surface area contributed by atoms with Gasteiger partial charge < -0.3 is 9.47 Å². The second-order valence-corrected chi connectivity index (χ2v) is 8.35. The predicted molar refractivity (Wildman–Crippen MR) is 112 cm³/mol. The van der Waals surface area contributed by atoms with Crippen molar-refractivity contribution in [3.05, 3.63) is 41.1 Å². The Morgan fingerprint density at radius 2 is 2.07 bits per heavy atom. The Balaban J connectivity index is 2.02. The second kappa shape index (κ2) is 9.41. The third-order valence-corrected chi connectivity index (χ3v) is 6.10. The minimum atomic E-state index is -0.608. The number of Topliss-reactive ketones (excluding diaryl/α,β-unsaturated/α-hetero) is 1. The average Bonchev–Trinajstić information content (AvgIpc) is 2.70. The Kier molecular flexibility index (Phi) is 6.94. The molecule has 1 aromatic carbocycles. The van der Waals surface area contributed by atoms with Crippen LogP contribution in [0.4, 0.5) is 0 Å². The molecule has 2 aliphatic rings. The summed E-state index contributed by atoms with van der Waals surface area (Å²) in [5.41, 5.74) is 3.02. The first kappa shape index (κ1) is 20.6. The largest absolute Gasteiger partial charge is 0.496 e. The van der Waals surface area contributed by atoms with Crippen molar-refractivity contribution in [2.24, 2.45) is 10.9 Å². The number of thioether (sulfide) groups is 1. The average molecular weight is 402 g/mol. The van der Waals surface area contributed by atoms with Crippen LogP contribution < -0.4 is 4.74 Å². The van der Waals surface area contributed by atoms with Gasteiger partial charge in [0.15, 0.2) is 5.78 Å². The summed E-state index contributed by atoms with van der Waals surface area (Å²) in [4.78, 5) is 30.6. The zero-order chi connectivity index (χ0) is 20.1. The van der Waals surface area contributed by atoms with Crippen molar-refractivity contribution in [2.75, 3.05) is 25.2 Å². The molecule has 3 rings (SSSR count). The van der Waals surface area contributed by atoms with Gasteiger partial charge in [-0.3, -0.25) is 14.6 Å². The number of hydrogen-bond donors (Lipinski definition) is 0. The summed E-state index contributed by atoms with van der Waals surface area (Å²) in [6.45, 7) is 4.29. The highest BCUT2D eigenvalue weighted by atomic mass is 32.2. The number of methoxy groups -OCH3 is 1. The van der Waals surface area contributed by atoms with Crippen LogP contribution in [0.25, 0.3) is 0 Å². The van der Waals surface area contributed by atoms with Gasteiger partial charge in [-0.05, 0) is 31.6 Å². The molecule has 0 spiro atoms. The number of aliphatic imine (C=N–C) groups is 1. The molecule has 0 saturated heterocycles. The van der Waals surface area contributed by atoms with Gasteiger partial charge in [-0.2, -0.15) is 11.8 Å². The van der Waals surface area contributed by atoms with Crippen LogP contribution in [-0.2, 0) is 14.3 Å². The van der Waals surface area contributed by atoms with Crippen molar-refractivity contribution in [1.29, 1.82) is 0 Å². The molecule has 0 radical (unpaired) electrons. The van der Waals surface area contributed by atoms with Crippen molar-refractivity contribution >= 4 is 29.2 Å². The normalized spacial score (nSPS) is 21.8. The maximum atomic E-state index is 13.0. The number of benzene rings is 1. The van der Waals surface area contributed by atoms with Crippen molar-refractivity contribution in [2.45, 2.75) is 39.0 Å². The highest BCUT2D eigenvalue weighted by molar-refractivity contribution is 7.99. The fourth-order valence-electron chi connectivity index (χ4n) is 4.01. The van der Waals surface area contributed by atoms with Gasteiger partial charge in [-0.15, -0.1) is 0 Å². The van der Waals surface area contributed by atoms with E-state index in [4.69, 9.17) is 9.47 Å². The van der Waals surface area contributed by atoms with Crippen LogP contribution in [-0.4, -0.2) is 42.7 Å². The highest BCUT2D eigenvalue weighted by Gasteiger charge is 2.44. The van der Waals surface area contributed by atoms with Crippen LogP contribution in [0.2, 0.25) is 0 Å². The Labute approximate surface area is 170 Å². The number of esters is 1. The maximum absolute atomic E-state index is 13.0. The highest BCUT2D eigenvalue weighted by Crippen LogP contribution is 2.46. The summed E-state index contributed by atoms with van der Waals surface area (Å²) >= 11 is 1.73. The van der Waals surface area contributed by atoms with Gasteiger partial charge in [0.2, 0.25) is 0 Å². The molecule has 1 heterocycles. The Hall–Kier alpha value is -2.08. The molecule has 0 bridgehead atoms. The van der Waals surface area contributed by atoms with E-state index < -0.39 is 11.8 Å². The van der Waals surface area contributed by atoms with Gasteiger partial charge in [0.05, 0.1) is 7.11 Å². The van der Waals surface area contributed by atoms with E-state index in [1.807, 2.05) is 31.2 Å². The maximum Gasteiger partial charge on any atom is 0.315 e. The van der Waals surface area contributed by atoms with E-state index in [1.54, 1.807) is 18.9 Å². The first-order valence-corrected chi connectivity index (χ1v) is 10.9. The van der Waals surface area contributed by atoms with Gasteiger partial charge in [-0.1, -0.05) is 25.1 Å². The minimum Gasteiger partial charge on any atom is -0.496 e. The summed E-state index contributed by atoms with van der Waals surface area (Å²) in [6, 6.07) is 7.60. The van der Waals surface area contributed by atoms with Crippen LogP contribution >= 0.6 is 11.8 Å². The molecule has 150 valence electrons. The quantitative estimate of drug-likeness (QED) is 0.507. The molecule has 0 N–H and O–H groups in total. The molecule has 1 aliphatic heterocycles. The summed E-state index contributed by atoms with van der Waals surface area (Å²) < 4.78 is 11.1. The van der Waals surface area contributed by atoms with Gasteiger partial charge in [-0.25, -0.2) is 0 Å². The molecule has 1 aromatic rings. The summed E-state index contributed by atoms with van der Waals surface area (Å²) in [7, 11) is 1.61. The predicted octanol–water partition coefficient (Wildman–Crippen LogP) is 4.17. The molecule has 0 saturated carbocycles. The van der Waals surface area contributed by atoms with E-state index in [0.717, 1.165) is 35.6 Å². The molecule has 1 unspecified atom stereocenters. The van der Waals surface area contributed by atoms with Crippen molar-refractivity contribution in [1.82, 2.24) is 0 Å². The summed E-state index contributed by atoms with van der Waals surface area (Å²) in [5, 5.41) is 0. The standard InChI is InChI=1S/C22H27NO4S/c1-4-28-13-12-27-22(25)19-14(2)23-16-9-7-10-17(24)21(16)20(19)15-8-5-6-11-18(15)26-3/h5-6,8,11,19-20H,4,7,9-10,12-13H2,1-3H3/t19?,20-/m0/s1. The van der Waals surface area contributed by atoms with E-state index in [2.05, 4.69) is 11.9 Å². The van der Waals surface area contributed by atoms with Gasteiger partial charge >= 0.3 is 5.97 Å². The lowest BCUT2D eigenvalue weighted by Crippen LogP contribution is -2.37. The third-order valence-electron chi connectivity index (χ3n) is 5.24. The molecular weight excluding hydrogens is 374 g/mol. The van der Waals surface area contributed by atoms with E-state index in [1.165, 1.54) is 0 Å². The third kappa shape index (κ3) is 4.17. The molecule has 5 nitrogen and oxygen atoms in total. The van der Waals surface area contributed by atoms with Crippen molar-refractivity contribution in [3.63, 3.8) is 0 Å². The second-order valence-electron chi connectivity index (χ2n) is 6.95. The Morgan fingerprint density at radius 1 is 1.29 bits per heavy atom. The zero-order valence-electron chi connectivity index (χ0n) is 16.7. The topological polar surface area (TPSA) is 65.0 Å². The first-order chi connectivity index (χ1) is 13.6. The molecule has 0 aromatic heterocycles. The number of carbonyl (C=O) groups is 2. The number of allylic oxidation sites excluding steroid dienone is 2. The molecule has 28 heavy (non-hydrogen) atoms. The molecule has 0 amide bonds. The minimum absolute atomic E-state index is 0.0766. The Morgan fingerprint density at radius 3 is 2.82 bits per heavy atom. The van der Waals surface area contributed by atoms with Crippen LogP contribution in [0.3, 0.4) is 0 Å². The molecule has 1 aliphatic carbocycles. The van der Waals surface area contributed by atoms with E-state index in [9.17, 15) is 9.59 Å². The van der Waals surface area contributed by atoms with E-state index >= 15 is 0 Å². The number of para-hydroxylation sites is 1. The first-order valence-electron chi connectivity index (χ1n) is 9.77. The lowest BCUT2D eigenvalue weighted by atomic mass is 9.71. The number of carbonyl (C=O) groups excluding carboxylic acids is 2. The number of nitrogens with zero attached hydrogens (tertiary/aromatic N) is 1. The molecular formula is C22H27NO4S. The van der Waals surface area contributed by atoms with Crippen molar-refractivity contribution < 1.29 is 19.1 Å². The van der Waals surface area contributed by atoms with Gasteiger partial charge in [0.25, 0.3) is 0 Å². The van der Waals surface area contributed by atoms with E-state index in [0.29, 0.717) is 30.1 Å². The zero-order valence-corrected chi connectivity index (χ0v) is 17.5. The smallest absolute Gasteiger partial charge is 0.315 e. The van der Waals surface area contributed by atoms with Crippen LogP contribution in [0.15, 0.2) is 40.5 Å². The lowest BCUT2D eigenvalue weighted by molar-refractivity contribution is -0.145. The Bertz CT molecular complexity index is 815. The van der Waals surface area contributed by atoms with Crippen LogP contribution in [0, 0.1) is 5.92 Å². The number of rotatable bonds is 7. The number of hydrogen-bond acceptors (Lipinski definition) is 6. The van der Waals surface area contributed by atoms with Crippen LogP contribution in [0.5, 0.6) is 5.75 Å². The van der Waals surface area contributed by atoms with E-state index in [-0.39, 0.29) is 11.8 Å². The monoisotopic (exact) mass is 401 g/mol.